The van der Waals surface area contributed by atoms with Crippen LogP contribution in [0.25, 0.3) is 0 Å². The summed E-state index contributed by atoms with van der Waals surface area (Å²) in [7, 11) is -1.06. The predicted molar refractivity (Wildman–Crippen MR) is 89.4 cm³/mol. The lowest BCUT2D eigenvalue weighted by Crippen LogP contribution is -2.46. The summed E-state index contributed by atoms with van der Waals surface area (Å²) in [6.45, 7) is 6.33. The molecule has 7 heteroatoms. The Kier molecular flexibility index (Phi) is 5.81. The summed E-state index contributed by atoms with van der Waals surface area (Å²) in [5, 5.41) is 0.0391. The summed E-state index contributed by atoms with van der Waals surface area (Å²) in [4.78, 5) is 13.8. The first-order valence-corrected chi connectivity index (χ1v) is 9.10. The third kappa shape index (κ3) is 4.52. The average Bonchev–Trinajstić information content (AvgIpc) is 2.47. The third-order valence-corrected chi connectivity index (χ3v) is 5.95. The topological polar surface area (TPSA) is 46.6 Å². The zero-order valence-electron chi connectivity index (χ0n) is 13.5. The molecule has 4 nitrogen and oxygen atoms in total. The minimum Gasteiger partial charge on any atom is -0.369 e. The molecule has 0 saturated carbocycles. The van der Waals surface area contributed by atoms with Gasteiger partial charge in [0.05, 0.1) is 17.7 Å². The fraction of sp³-hybridized carbons (Fsp3) is 0.562. The molecule has 1 aromatic rings. The second-order valence-corrected chi connectivity index (χ2v) is 9.18. The molecule has 2 atom stereocenters. The first kappa shape index (κ1) is 18.4. The van der Waals surface area contributed by atoms with Gasteiger partial charge in [0.1, 0.15) is 12.4 Å². The minimum absolute atomic E-state index is 0.00523. The number of carbonyl (C=O) groups is 1. The number of carbonyl (C=O) groups excluding carboxylic acids is 1. The van der Waals surface area contributed by atoms with E-state index < -0.39 is 16.6 Å². The van der Waals surface area contributed by atoms with E-state index in [1.165, 1.54) is 12.1 Å². The van der Waals surface area contributed by atoms with Gasteiger partial charge in [0.15, 0.2) is 0 Å². The van der Waals surface area contributed by atoms with Crippen LogP contribution in [0.3, 0.4) is 0 Å². The molecule has 0 radical (unpaired) electrons. The molecule has 23 heavy (non-hydrogen) atoms. The van der Waals surface area contributed by atoms with Crippen LogP contribution in [0.4, 0.5) is 4.39 Å². The van der Waals surface area contributed by atoms with E-state index in [2.05, 4.69) is 0 Å². The molecule has 1 aliphatic heterocycles. The number of hydrogen-bond donors (Lipinski definition) is 0. The molecule has 1 amide bonds. The third-order valence-electron chi connectivity index (χ3n) is 3.73. The zero-order chi connectivity index (χ0) is 17.2. The molecule has 128 valence electrons. The lowest BCUT2D eigenvalue weighted by molar-refractivity contribution is -0.148. The Balaban J connectivity index is 2.17. The number of morpholine rings is 1. The van der Waals surface area contributed by atoms with Gasteiger partial charge in [-0.2, -0.15) is 0 Å². The van der Waals surface area contributed by atoms with Crippen molar-refractivity contribution in [1.82, 2.24) is 4.90 Å². The molecule has 2 rings (SSSR count). The fourth-order valence-corrected chi connectivity index (χ4v) is 3.46. The summed E-state index contributed by atoms with van der Waals surface area (Å²) in [5.74, 6) is -0.329. The molecule has 0 bridgehead atoms. The van der Waals surface area contributed by atoms with Crippen LogP contribution in [0.1, 0.15) is 32.4 Å². The second-order valence-electron chi connectivity index (χ2n) is 6.45. The van der Waals surface area contributed by atoms with Gasteiger partial charge in [-0.05, 0) is 38.5 Å². The predicted octanol–water partition coefficient (Wildman–Crippen LogP) is 2.93. The van der Waals surface area contributed by atoms with Gasteiger partial charge in [-0.15, -0.1) is 0 Å². The van der Waals surface area contributed by atoms with E-state index in [1.54, 1.807) is 11.0 Å². The number of nitrogens with zero attached hydrogens (tertiary/aromatic N) is 1. The van der Waals surface area contributed by atoms with Crippen molar-refractivity contribution in [3.63, 3.8) is 0 Å². The Morgan fingerprint density at radius 2 is 2.13 bits per heavy atom. The number of hydrogen-bond acceptors (Lipinski definition) is 3. The molecular weight excluding hydrogens is 341 g/mol. The maximum Gasteiger partial charge on any atom is 0.249 e. The van der Waals surface area contributed by atoms with Crippen molar-refractivity contribution in [2.24, 2.45) is 0 Å². The monoisotopic (exact) mass is 361 g/mol. The fourth-order valence-electron chi connectivity index (χ4n) is 2.37. The average molecular weight is 362 g/mol. The Morgan fingerprint density at radius 1 is 1.43 bits per heavy atom. The van der Waals surface area contributed by atoms with E-state index in [4.69, 9.17) is 16.3 Å². The normalized spacial score (nSPS) is 20.7. The van der Waals surface area contributed by atoms with E-state index in [9.17, 15) is 13.4 Å². The maximum atomic E-state index is 13.7. The minimum atomic E-state index is -1.06. The van der Waals surface area contributed by atoms with E-state index in [0.717, 1.165) is 0 Å². The van der Waals surface area contributed by atoms with Crippen LogP contribution in [0.5, 0.6) is 0 Å². The lowest BCUT2D eigenvalue weighted by atomic mass is 10.0. The van der Waals surface area contributed by atoms with Crippen molar-refractivity contribution in [3.05, 3.63) is 34.6 Å². The summed E-state index contributed by atoms with van der Waals surface area (Å²) in [6.07, 6.45) is 0. The van der Waals surface area contributed by atoms with Crippen LogP contribution in [-0.2, 0) is 20.3 Å². The second kappa shape index (κ2) is 7.28. The van der Waals surface area contributed by atoms with Crippen molar-refractivity contribution in [2.75, 3.05) is 25.5 Å². The quantitative estimate of drug-likeness (QED) is 0.828. The molecule has 0 N–H and O–H groups in total. The molecule has 2 unspecified atom stereocenters. The molecule has 0 aromatic heterocycles. The molecule has 0 spiro atoms. The van der Waals surface area contributed by atoms with Crippen molar-refractivity contribution in [2.45, 2.75) is 31.6 Å². The molecule has 0 aliphatic carbocycles. The summed E-state index contributed by atoms with van der Waals surface area (Å²) in [5.41, 5.74) is 0.626. The van der Waals surface area contributed by atoms with Gasteiger partial charge in [0.2, 0.25) is 5.91 Å². The van der Waals surface area contributed by atoms with Crippen molar-refractivity contribution < 1.29 is 18.1 Å². The SMILES string of the molecule is CC(C)(C)S(=O)CCN1C(=O)COCC1c1ccc(Cl)c(F)c1. The van der Waals surface area contributed by atoms with Crippen LogP contribution < -0.4 is 0 Å². The zero-order valence-corrected chi connectivity index (χ0v) is 15.0. The Bertz CT molecular complexity index is 618. The van der Waals surface area contributed by atoms with Gasteiger partial charge in [-0.25, -0.2) is 4.39 Å². The highest BCUT2D eigenvalue weighted by Gasteiger charge is 2.31. The number of halogens is 2. The molecular formula is C16H21ClFNO3S. The van der Waals surface area contributed by atoms with Crippen LogP contribution in [0.2, 0.25) is 5.02 Å². The van der Waals surface area contributed by atoms with Gasteiger partial charge < -0.3 is 9.64 Å². The number of benzene rings is 1. The first-order chi connectivity index (χ1) is 10.7. The van der Waals surface area contributed by atoms with Crippen molar-refractivity contribution in [1.29, 1.82) is 0 Å². The van der Waals surface area contributed by atoms with Gasteiger partial charge in [-0.1, -0.05) is 17.7 Å². The van der Waals surface area contributed by atoms with E-state index in [0.29, 0.717) is 17.9 Å². The highest BCUT2D eigenvalue weighted by Crippen LogP contribution is 2.27. The smallest absolute Gasteiger partial charge is 0.249 e. The van der Waals surface area contributed by atoms with E-state index in [1.807, 2.05) is 20.8 Å². The number of amides is 1. The molecule has 1 saturated heterocycles. The molecule has 1 aliphatic rings. The van der Waals surface area contributed by atoms with Crippen LogP contribution >= 0.6 is 11.6 Å². The molecule has 1 aromatic carbocycles. The lowest BCUT2D eigenvalue weighted by Gasteiger charge is -2.36. The highest BCUT2D eigenvalue weighted by molar-refractivity contribution is 7.86. The molecule has 1 heterocycles. The standard InChI is InChI=1S/C16H21ClFNO3S/c1-16(2,3)23(21)7-6-19-14(9-22-10-15(19)20)11-4-5-12(17)13(18)8-11/h4-5,8,14H,6-7,9-10H2,1-3H3. The Hall–Kier alpha value is -0.980. The van der Waals surface area contributed by atoms with Gasteiger partial charge in [0, 0.05) is 27.8 Å². The van der Waals surface area contributed by atoms with Crippen LogP contribution in [-0.4, -0.2) is 45.3 Å². The van der Waals surface area contributed by atoms with Crippen LogP contribution in [0.15, 0.2) is 18.2 Å². The summed E-state index contributed by atoms with van der Waals surface area (Å²) < 4.78 is 30.9. The van der Waals surface area contributed by atoms with Crippen LogP contribution in [0, 0.1) is 5.82 Å². The molecule has 1 fully saturated rings. The van der Waals surface area contributed by atoms with Gasteiger partial charge in [0.25, 0.3) is 0 Å². The van der Waals surface area contributed by atoms with Gasteiger partial charge >= 0.3 is 0 Å². The first-order valence-electron chi connectivity index (χ1n) is 7.41. The number of ether oxygens (including phenoxy) is 1. The van der Waals surface area contributed by atoms with E-state index >= 15 is 0 Å². The van der Waals surface area contributed by atoms with Gasteiger partial charge in [-0.3, -0.25) is 9.00 Å². The summed E-state index contributed by atoms with van der Waals surface area (Å²) >= 11 is 5.71. The Morgan fingerprint density at radius 3 is 2.74 bits per heavy atom. The highest BCUT2D eigenvalue weighted by atomic mass is 35.5. The van der Waals surface area contributed by atoms with E-state index in [-0.39, 0.29) is 34.9 Å². The summed E-state index contributed by atoms with van der Waals surface area (Å²) in [6, 6.07) is 4.09. The van der Waals surface area contributed by atoms with Crippen molar-refractivity contribution in [3.8, 4) is 0 Å². The van der Waals surface area contributed by atoms with Crippen molar-refractivity contribution >= 4 is 28.3 Å². The number of rotatable bonds is 4. The maximum absolute atomic E-state index is 13.7. The Labute approximate surface area is 143 Å². The largest absolute Gasteiger partial charge is 0.369 e.